The number of halogens is 1. The number of rotatable bonds is 1. The van der Waals surface area contributed by atoms with Crippen LogP contribution >= 0.6 is 11.6 Å². The first-order chi connectivity index (χ1) is 8.58. The average molecular weight is 264 g/mol. The van der Waals surface area contributed by atoms with Crippen LogP contribution in [0.2, 0.25) is 5.02 Å². The average Bonchev–Trinajstić information content (AvgIpc) is 2.75. The molecule has 1 heterocycles. The molecule has 0 saturated carbocycles. The van der Waals surface area contributed by atoms with Gasteiger partial charge in [0.2, 0.25) is 0 Å². The summed E-state index contributed by atoms with van der Waals surface area (Å²) in [6.07, 6.45) is 5.02. The van der Waals surface area contributed by atoms with Crippen molar-refractivity contribution in [3.05, 3.63) is 40.4 Å². The smallest absolute Gasteiger partial charge is 0.326 e. The van der Waals surface area contributed by atoms with E-state index in [2.05, 4.69) is 17.5 Å². The molecule has 0 aromatic heterocycles. The third-order valence-electron chi connectivity index (χ3n) is 3.90. The van der Waals surface area contributed by atoms with Crippen molar-refractivity contribution in [2.75, 3.05) is 5.32 Å². The summed E-state index contributed by atoms with van der Waals surface area (Å²) in [7, 11) is 0. The van der Waals surface area contributed by atoms with Crippen LogP contribution in [0.15, 0.2) is 24.3 Å². The first-order valence-corrected chi connectivity index (χ1v) is 6.42. The van der Waals surface area contributed by atoms with Gasteiger partial charge in [-0.2, -0.15) is 0 Å². The van der Waals surface area contributed by atoms with Gasteiger partial charge < -0.3 is 10.4 Å². The normalized spacial score (nSPS) is 28.4. The fourth-order valence-electron chi connectivity index (χ4n) is 3.16. The summed E-state index contributed by atoms with van der Waals surface area (Å²) in [4.78, 5) is 11.4. The zero-order valence-corrected chi connectivity index (χ0v) is 10.7. The highest BCUT2D eigenvalue weighted by Crippen LogP contribution is 2.46. The van der Waals surface area contributed by atoms with Gasteiger partial charge in [0.15, 0.2) is 0 Å². The lowest BCUT2D eigenvalue weighted by molar-refractivity contribution is -0.139. The molecule has 0 radical (unpaired) electrons. The highest BCUT2D eigenvalue weighted by Gasteiger charge is 2.41. The molecule has 1 aromatic carbocycles. The van der Waals surface area contributed by atoms with Gasteiger partial charge in [0.1, 0.15) is 6.04 Å². The maximum absolute atomic E-state index is 11.4. The van der Waals surface area contributed by atoms with E-state index in [9.17, 15) is 9.90 Å². The van der Waals surface area contributed by atoms with Crippen molar-refractivity contribution in [3.8, 4) is 0 Å². The number of fused-ring (bicyclic) bond motifs is 3. The number of aliphatic carboxylic acids is 1. The molecule has 0 saturated heterocycles. The molecule has 3 nitrogen and oxygen atoms in total. The number of carbonyl (C=O) groups is 1. The predicted molar refractivity (Wildman–Crippen MR) is 71.2 cm³/mol. The molecule has 18 heavy (non-hydrogen) atoms. The molecule has 0 amide bonds. The molecule has 3 atom stereocenters. The fraction of sp³-hybridized carbons (Fsp3) is 0.357. The molecule has 3 unspecified atom stereocenters. The van der Waals surface area contributed by atoms with Crippen LogP contribution in [-0.4, -0.2) is 17.1 Å². The number of aryl methyl sites for hydroxylation is 1. The summed E-state index contributed by atoms with van der Waals surface area (Å²) in [5.74, 6) is -0.494. The third kappa shape index (κ3) is 1.62. The van der Waals surface area contributed by atoms with Crippen molar-refractivity contribution in [1.29, 1.82) is 0 Å². The van der Waals surface area contributed by atoms with E-state index in [1.165, 1.54) is 5.56 Å². The molecule has 4 heteroatoms. The molecule has 3 rings (SSSR count). The Morgan fingerprint density at radius 1 is 1.50 bits per heavy atom. The number of benzene rings is 1. The van der Waals surface area contributed by atoms with Crippen molar-refractivity contribution >= 4 is 23.3 Å². The minimum Gasteiger partial charge on any atom is -0.480 e. The Bertz CT molecular complexity index is 553. The number of carboxylic acids is 1. The SMILES string of the molecule is Cc1cc(Cl)cc2c1C1C=CCC1C(C(=O)O)N2. The molecule has 0 fully saturated rings. The van der Waals surface area contributed by atoms with Crippen molar-refractivity contribution in [1.82, 2.24) is 0 Å². The quantitative estimate of drug-likeness (QED) is 0.765. The molecule has 2 aliphatic rings. The summed E-state index contributed by atoms with van der Waals surface area (Å²) >= 11 is 6.05. The van der Waals surface area contributed by atoms with E-state index in [0.717, 1.165) is 17.7 Å². The summed E-state index contributed by atoms with van der Waals surface area (Å²) in [5.41, 5.74) is 3.17. The number of carboxylic acid groups (broad SMARTS) is 1. The van der Waals surface area contributed by atoms with Crippen LogP contribution in [0.3, 0.4) is 0 Å². The first kappa shape index (κ1) is 11.6. The predicted octanol–water partition coefficient (Wildman–Crippen LogP) is 3.19. The fourth-order valence-corrected chi connectivity index (χ4v) is 3.43. The maximum Gasteiger partial charge on any atom is 0.326 e. The van der Waals surface area contributed by atoms with Gasteiger partial charge in [0.25, 0.3) is 0 Å². The molecule has 0 bridgehead atoms. The van der Waals surface area contributed by atoms with Crippen LogP contribution < -0.4 is 5.32 Å². The Hall–Kier alpha value is -1.48. The Kier molecular flexibility index (Phi) is 2.59. The summed E-state index contributed by atoms with van der Waals surface area (Å²) in [6.45, 7) is 2.02. The minimum absolute atomic E-state index is 0.106. The van der Waals surface area contributed by atoms with E-state index in [0.29, 0.717) is 5.02 Å². The van der Waals surface area contributed by atoms with Gasteiger partial charge >= 0.3 is 5.97 Å². The summed E-state index contributed by atoms with van der Waals surface area (Å²) in [5, 5.41) is 13.1. The van der Waals surface area contributed by atoms with E-state index < -0.39 is 12.0 Å². The van der Waals surface area contributed by atoms with E-state index in [-0.39, 0.29) is 11.8 Å². The number of anilines is 1. The Morgan fingerprint density at radius 2 is 2.28 bits per heavy atom. The Labute approximate surface area is 110 Å². The number of nitrogens with one attached hydrogen (secondary N) is 1. The molecule has 1 aromatic rings. The van der Waals surface area contributed by atoms with Gasteiger partial charge in [0, 0.05) is 22.5 Å². The zero-order valence-electron chi connectivity index (χ0n) is 9.98. The topological polar surface area (TPSA) is 49.3 Å². The maximum atomic E-state index is 11.4. The van der Waals surface area contributed by atoms with Gasteiger partial charge in [0.05, 0.1) is 0 Å². The number of hydrogen-bond acceptors (Lipinski definition) is 2. The second-order valence-corrected chi connectivity index (χ2v) is 5.43. The van der Waals surface area contributed by atoms with Crippen LogP contribution in [0.25, 0.3) is 0 Å². The monoisotopic (exact) mass is 263 g/mol. The van der Waals surface area contributed by atoms with Crippen LogP contribution in [-0.2, 0) is 4.79 Å². The van der Waals surface area contributed by atoms with Crippen molar-refractivity contribution < 1.29 is 9.90 Å². The lowest BCUT2D eigenvalue weighted by Gasteiger charge is -2.35. The molecule has 1 aliphatic carbocycles. The van der Waals surface area contributed by atoms with Gasteiger partial charge in [-0.3, -0.25) is 0 Å². The highest BCUT2D eigenvalue weighted by molar-refractivity contribution is 6.31. The standard InChI is InChI=1S/C14H14ClNO2/c1-7-5-8(15)6-11-12(7)9-3-2-4-10(9)13(16-11)14(17)18/h2-3,5-6,9-10,13,16H,4H2,1H3,(H,17,18). The molecule has 94 valence electrons. The van der Waals surface area contributed by atoms with Crippen LogP contribution in [0.4, 0.5) is 5.69 Å². The molecular weight excluding hydrogens is 250 g/mol. The largest absolute Gasteiger partial charge is 0.480 e. The summed E-state index contributed by atoms with van der Waals surface area (Å²) in [6, 6.07) is 3.23. The van der Waals surface area contributed by atoms with E-state index in [4.69, 9.17) is 11.6 Å². The van der Waals surface area contributed by atoms with E-state index >= 15 is 0 Å². The number of allylic oxidation sites excluding steroid dienone is 2. The molecule has 1 aliphatic heterocycles. The van der Waals surface area contributed by atoms with Crippen LogP contribution in [0.1, 0.15) is 23.5 Å². The molecule has 2 N–H and O–H groups in total. The van der Waals surface area contributed by atoms with Gasteiger partial charge in [-0.05, 0) is 36.6 Å². The first-order valence-electron chi connectivity index (χ1n) is 6.04. The minimum atomic E-state index is -0.794. The highest BCUT2D eigenvalue weighted by atomic mass is 35.5. The Balaban J connectivity index is 2.14. The zero-order chi connectivity index (χ0) is 12.9. The van der Waals surface area contributed by atoms with E-state index in [1.807, 2.05) is 19.1 Å². The Morgan fingerprint density at radius 3 is 3.00 bits per heavy atom. The van der Waals surface area contributed by atoms with Crippen LogP contribution in [0, 0.1) is 12.8 Å². The molecule has 0 spiro atoms. The van der Waals surface area contributed by atoms with Crippen LogP contribution in [0.5, 0.6) is 0 Å². The third-order valence-corrected chi connectivity index (χ3v) is 4.12. The van der Waals surface area contributed by atoms with Gasteiger partial charge in [-0.25, -0.2) is 4.79 Å². The van der Waals surface area contributed by atoms with Crippen molar-refractivity contribution in [2.45, 2.75) is 25.3 Å². The van der Waals surface area contributed by atoms with Crippen molar-refractivity contribution in [2.24, 2.45) is 5.92 Å². The number of hydrogen-bond donors (Lipinski definition) is 2. The lowest BCUT2D eigenvalue weighted by Crippen LogP contribution is -2.42. The van der Waals surface area contributed by atoms with Gasteiger partial charge in [-0.1, -0.05) is 23.8 Å². The van der Waals surface area contributed by atoms with Crippen molar-refractivity contribution in [3.63, 3.8) is 0 Å². The second-order valence-electron chi connectivity index (χ2n) is 5.00. The van der Waals surface area contributed by atoms with E-state index in [1.54, 1.807) is 0 Å². The van der Waals surface area contributed by atoms with Gasteiger partial charge in [-0.15, -0.1) is 0 Å². The lowest BCUT2D eigenvalue weighted by atomic mass is 9.78. The molecular formula is C14H14ClNO2. The second kappa shape index (κ2) is 4.02. The summed E-state index contributed by atoms with van der Waals surface area (Å²) < 4.78 is 0.